The number of benzene rings is 2. The Kier molecular flexibility index (Phi) is 6.95. The Hall–Kier alpha value is 0.320. The van der Waals surface area contributed by atoms with E-state index in [1.807, 2.05) is 67.6 Å². The summed E-state index contributed by atoms with van der Waals surface area (Å²) in [6, 6.07) is 19.6. The Morgan fingerprint density at radius 2 is 1.30 bits per heavy atom. The van der Waals surface area contributed by atoms with Crippen molar-refractivity contribution in [2.24, 2.45) is 0 Å². The van der Waals surface area contributed by atoms with Crippen molar-refractivity contribution >= 4 is 65.9 Å². The lowest BCUT2D eigenvalue weighted by Gasteiger charge is -2.39. The van der Waals surface area contributed by atoms with Gasteiger partial charge in [-0.1, -0.05) is 126 Å². The molecule has 0 saturated carbocycles. The van der Waals surface area contributed by atoms with Crippen LogP contribution in [0.25, 0.3) is 0 Å². The van der Waals surface area contributed by atoms with Crippen molar-refractivity contribution in [3.05, 3.63) is 71.8 Å². The molecule has 0 amide bonds. The molecule has 0 spiro atoms. The van der Waals surface area contributed by atoms with Gasteiger partial charge in [0.2, 0.25) is 3.53 Å². The van der Waals surface area contributed by atoms with Gasteiger partial charge in [-0.05, 0) is 19.0 Å². The number of rotatable bonds is 5. The summed E-state index contributed by atoms with van der Waals surface area (Å²) in [5.74, 6) is 0. The highest BCUT2D eigenvalue weighted by atomic mass is 35.6. The monoisotopic (exact) mass is 426 g/mol. The fourth-order valence-corrected chi connectivity index (χ4v) is 10.0. The molecule has 0 aliphatic rings. The van der Waals surface area contributed by atoms with E-state index in [4.69, 9.17) is 58.0 Å². The largest absolute Gasteiger partial charge is 0.212 e. The first kappa shape index (κ1) is 19.6. The van der Waals surface area contributed by atoms with Crippen molar-refractivity contribution in [3.8, 4) is 0 Å². The lowest BCUT2D eigenvalue weighted by Crippen LogP contribution is -2.24. The van der Waals surface area contributed by atoms with Gasteiger partial charge in [0.1, 0.15) is 4.07 Å². The molecule has 0 radical (unpaired) electrons. The van der Waals surface area contributed by atoms with Crippen LogP contribution >= 0.6 is 65.9 Å². The van der Waals surface area contributed by atoms with Crippen molar-refractivity contribution in [1.29, 1.82) is 0 Å². The highest BCUT2D eigenvalue weighted by Crippen LogP contribution is 2.76. The Bertz CT molecular complexity index is 610. The molecule has 0 nitrogen and oxygen atoms in total. The second kappa shape index (κ2) is 8.13. The molecule has 1 unspecified atom stereocenters. The van der Waals surface area contributed by atoms with Crippen molar-refractivity contribution in [2.75, 3.05) is 0 Å². The van der Waals surface area contributed by atoms with Gasteiger partial charge in [0.15, 0.2) is 0 Å². The average Bonchev–Trinajstić information content (AvgIpc) is 2.47. The van der Waals surface area contributed by atoms with Crippen LogP contribution in [0.4, 0.5) is 0 Å². The van der Waals surface area contributed by atoms with E-state index in [9.17, 15) is 0 Å². The van der Waals surface area contributed by atoms with E-state index in [1.54, 1.807) is 0 Å². The Morgan fingerprint density at radius 3 is 1.78 bits per heavy atom. The van der Waals surface area contributed by atoms with Gasteiger partial charge in [-0.2, -0.15) is 0 Å². The molecule has 0 heterocycles. The van der Waals surface area contributed by atoms with Crippen LogP contribution in [0, 0.1) is 0 Å². The maximum absolute atomic E-state index is 6.71. The SMILES string of the molecule is C[C@H](c1ccccc1)P(C(Cl)(Cl)Cl)C(Cl)(Cl)Cc1ccccc1. The summed E-state index contributed by atoms with van der Waals surface area (Å²) in [5, 5.41) is 0. The molecular formula is C17H16Cl5P. The Balaban J connectivity index is 2.34. The predicted molar refractivity (Wildman–Crippen MR) is 107 cm³/mol. The standard InChI is InChI=1S/C17H16Cl5P/c1-13(15-10-6-3-7-11-15)23(17(20,21)22)16(18,19)12-14-8-4-2-5-9-14/h2-11,13H,12H2,1H3/t13-,23?/m1/s1. The first-order chi connectivity index (χ1) is 10.7. The van der Waals surface area contributed by atoms with Gasteiger partial charge in [0, 0.05) is 12.1 Å². The fraction of sp³-hybridized carbons (Fsp3) is 0.294. The molecular weight excluding hydrogens is 412 g/mol. The minimum absolute atomic E-state index is 0.0580. The molecule has 0 N–H and O–H groups in total. The van der Waals surface area contributed by atoms with Crippen molar-refractivity contribution in [3.63, 3.8) is 0 Å². The third-order valence-corrected chi connectivity index (χ3v) is 9.04. The van der Waals surface area contributed by atoms with Crippen LogP contribution in [0.2, 0.25) is 0 Å². The van der Waals surface area contributed by atoms with Gasteiger partial charge in [-0.3, -0.25) is 0 Å². The van der Waals surface area contributed by atoms with Crippen LogP contribution in [-0.4, -0.2) is 7.61 Å². The lowest BCUT2D eigenvalue weighted by molar-refractivity contribution is 0.964. The Morgan fingerprint density at radius 1 is 0.826 bits per heavy atom. The highest BCUT2D eigenvalue weighted by molar-refractivity contribution is 7.71. The van der Waals surface area contributed by atoms with Crippen molar-refractivity contribution in [2.45, 2.75) is 26.6 Å². The second-order valence-electron chi connectivity index (χ2n) is 5.25. The van der Waals surface area contributed by atoms with E-state index in [1.165, 1.54) is 0 Å². The van der Waals surface area contributed by atoms with Gasteiger partial charge >= 0.3 is 0 Å². The molecule has 0 saturated heterocycles. The van der Waals surface area contributed by atoms with Crippen molar-refractivity contribution in [1.82, 2.24) is 0 Å². The van der Waals surface area contributed by atoms with E-state index in [0.717, 1.165) is 11.1 Å². The predicted octanol–water partition coefficient (Wildman–Crippen LogP) is 7.93. The van der Waals surface area contributed by atoms with Crippen LogP contribution in [0.3, 0.4) is 0 Å². The molecule has 124 valence electrons. The molecule has 0 bridgehead atoms. The normalized spacial score (nSPS) is 15.2. The van der Waals surface area contributed by atoms with Gasteiger partial charge < -0.3 is 0 Å². The highest BCUT2D eigenvalue weighted by Gasteiger charge is 2.49. The van der Waals surface area contributed by atoms with Crippen LogP contribution in [0.1, 0.15) is 23.7 Å². The smallest absolute Gasteiger partial charge is 0.0960 e. The quantitative estimate of drug-likeness (QED) is 0.335. The molecule has 0 aromatic heterocycles. The molecule has 2 aromatic rings. The lowest BCUT2D eigenvalue weighted by atomic mass is 10.2. The third-order valence-electron chi connectivity index (χ3n) is 3.55. The van der Waals surface area contributed by atoms with Crippen LogP contribution < -0.4 is 0 Å². The van der Waals surface area contributed by atoms with E-state index >= 15 is 0 Å². The molecule has 6 heteroatoms. The minimum Gasteiger partial charge on any atom is -0.0960 e. The molecule has 0 aliphatic carbocycles. The van der Waals surface area contributed by atoms with Crippen LogP contribution in [-0.2, 0) is 6.42 Å². The van der Waals surface area contributed by atoms with E-state index in [0.29, 0.717) is 6.42 Å². The first-order valence-corrected chi connectivity index (χ1v) is 10.3. The summed E-state index contributed by atoms with van der Waals surface area (Å²) in [5.41, 5.74) is 2.01. The van der Waals surface area contributed by atoms with Crippen LogP contribution in [0.15, 0.2) is 60.7 Å². The summed E-state index contributed by atoms with van der Waals surface area (Å²) in [7, 11) is -1.38. The van der Waals surface area contributed by atoms with E-state index in [-0.39, 0.29) is 5.66 Å². The van der Waals surface area contributed by atoms with E-state index in [2.05, 4.69) is 0 Å². The van der Waals surface area contributed by atoms with Gasteiger partial charge in [-0.25, -0.2) is 0 Å². The Labute approximate surface area is 163 Å². The zero-order valence-corrected chi connectivity index (χ0v) is 17.1. The van der Waals surface area contributed by atoms with E-state index < -0.39 is 15.5 Å². The number of hydrogen-bond acceptors (Lipinski definition) is 0. The molecule has 2 aromatic carbocycles. The summed E-state index contributed by atoms with van der Waals surface area (Å²) in [4.78, 5) is 0. The summed E-state index contributed by atoms with van der Waals surface area (Å²) in [6.07, 6.45) is 0.424. The first-order valence-electron chi connectivity index (χ1n) is 7.04. The van der Waals surface area contributed by atoms with Crippen molar-refractivity contribution < 1.29 is 0 Å². The van der Waals surface area contributed by atoms with Crippen LogP contribution in [0.5, 0.6) is 0 Å². The topological polar surface area (TPSA) is 0 Å². The number of hydrogen-bond donors (Lipinski definition) is 0. The molecule has 2 rings (SSSR count). The molecule has 0 aliphatic heterocycles. The maximum Gasteiger partial charge on any atom is 0.212 e. The van der Waals surface area contributed by atoms with Gasteiger partial charge in [0.25, 0.3) is 0 Å². The maximum atomic E-state index is 6.71. The summed E-state index contributed by atoms with van der Waals surface area (Å²) >= 11 is 32.3. The van der Waals surface area contributed by atoms with Gasteiger partial charge in [-0.15, -0.1) is 0 Å². The number of alkyl halides is 5. The third kappa shape index (κ3) is 5.40. The summed E-state index contributed by atoms with van der Waals surface area (Å²) in [6.45, 7) is 2.01. The second-order valence-corrected chi connectivity index (χ2v) is 13.3. The average molecular weight is 429 g/mol. The summed E-state index contributed by atoms with van der Waals surface area (Å²) < 4.78 is -2.68. The zero-order valence-electron chi connectivity index (χ0n) is 12.4. The van der Waals surface area contributed by atoms with Gasteiger partial charge in [0.05, 0.1) is 0 Å². The molecule has 23 heavy (non-hydrogen) atoms. The number of halogens is 5. The fourth-order valence-electron chi connectivity index (χ4n) is 2.50. The minimum atomic E-state index is -1.52. The molecule has 2 atom stereocenters. The zero-order chi connectivity index (χ0) is 17.1. The molecule has 0 fully saturated rings.